The van der Waals surface area contributed by atoms with Crippen molar-refractivity contribution in [3.05, 3.63) is 24.3 Å². The molecule has 1 aliphatic carbocycles. The van der Waals surface area contributed by atoms with E-state index in [2.05, 4.69) is 5.32 Å². The lowest BCUT2D eigenvalue weighted by Crippen LogP contribution is -2.31. The summed E-state index contributed by atoms with van der Waals surface area (Å²) < 4.78 is 24.2. The van der Waals surface area contributed by atoms with E-state index < -0.39 is 9.84 Å². The van der Waals surface area contributed by atoms with Gasteiger partial charge in [-0.3, -0.25) is 0 Å². The number of rotatable bonds is 6. The fraction of sp³-hybridized carbons (Fsp3) is 0.600. The minimum absolute atomic E-state index is 0.0941. The van der Waals surface area contributed by atoms with Crippen molar-refractivity contribution < 1.29 is 13.5 Å². The highest BCUT2D eigenvalue weighted by Gasteiger charge is 2.33. The van der Waals surface area contributed by atoms with Crippen molar-refractivity contribution in [3.8, 4) is 0 Å². The van der Waals surface area contributed by atoms with Crippen LogP contribution >= 0.6 is 0 Å². The molecule has 5 heteroatoms. The normalized spacial score (nSPS) is 18.1. The Kier molecular flexibility index (Phi) is 4.70. The van der Waals surface area contributed by atoms with Crippen LogP contribution in [0.4, 0.5) is 5.69 Å². The van der Waals surface area contributed by atoms with E-state index in [0.29, 0.717) is 17.1 Å². The van der Waals surface area contributed by atoms with Crippen molar-refractivity contribution in [1.82, 2.24) is 0 Å². The number of aliphatic hydroxyl groups excluding tert-OH is 1. The van der Waals surface area contributed by atoms with E-state index in [4.69, 9.17) is 0 Å². The first-order valence-corrected chi connectivity index (χ1v) is 8.85. The van der Waals surface area contributed by atoms with Gasteiger partial charge in [0.1, 0.15) is 0 Å². The van der Waals surface area contributed by atoms with Crippen molar-refractivity contribution in [2.24, 2.45) is 5.41 Å². The third-order valence-electron chi connectivity index (χ3n) is 4.26. The third-order valence-corrected chi connectivity index (χ3v) is 6.04. The van der Waals surface area contributed by atoms with Crippen LogP contribution in [0.25, 0.3) is 0 Å². The largest absolute Gasteiger partial charge is 0.396 e. The molecule has 0 amide bonds. The molecule has 0 atom stereocenters. The van der Waals surface area contributed by atoms with Gasteiger partial charge in [-0.1, -0.05) is 31.9 Å². The van der Waals surface area contributed by atoms with Gasteiger partial charge in [-0.25, -0.2) is 8.42 Å². The topological polar surface area (TPSA) is 66.4 Å². The van der Waals surface area contributed by atoms with Gasteiger partial charge in [0.15, 0.2) is 9.84 Å². The van der Waals surface area contributed by atoms with Gasteiger partial charge in [-0.15, -0.1) is 0 Å². The lowest BCUT2D eigenvalue weighted by Gasteiger charge is -2.27. The monoisotopic (exact) mass is 297 g/mol. The fourth-order valence-corrected chi connectivity index (χ4v) is 3.91. The average Bonchev–Trinajstić information content (AvgIpc) is 2.95. The number of hydrogen-bond donors (Lipinski definition) is 2. The van der Waals surface area contributed by atoms with E-state index in [1.165, 1.54) is 0 Å². The highest BCUT2D eigenvalue weighted by molar-refractivity contribution is 7.91. The van der Waals surface area contributed by atoms with Crippen LogP contribution in [-0.4, -0.2) is 32.4 Å². The maximum Gasteiger partial charge on any atom is 0.180 e. The van der Waals surface area contributed by atoms with Crippen LogP contribution in [0.3, 0.4) is 0 Å². The number of para-hydroxylation sites is 1. The standard InChI is InChI=1S/C15H23NO3S/c1-2-20(18,19)14-8-4-3-7-13(14)16-11-15(12-17)9-5-6-10-15/h3-4,7-8,16-17H,2,5-6,9-12H2,1H3. The van der Waals surface area contributed by atoms with Gasteiger partial charge in [0.25, 0.3) is 0 Å². The fourth-order valence-electron chi connectivity index (χ4n) is 2.84. The van der Waals surface area contributed by atoms with Gasteiger partial charge in [0.05, 0.1) is 22.9 Å². The van der Waals surface area contributed by atoms with E-state index in [9.17, 15) is 13.5 Å². The minimum Gasteiger partial charge on any atom is -0.396 e. The second-order valence-electron chi connectivity index (χ2n) is 5.62. The Morgan fingerprint density at radius 3 is 2.50 bits per heavy atom. The van der Waals surface area contributed by atoms with E-state index in [-0.39, 0.29) is 17.8 Å². The van der Waals surface area contributed by atoms with Crippen molar-refractivity contribution in [2.45, 2.75) is 37.5 Å². The van der Waals surface area contributed by atoms with Gasteiger partial charge in [0, 0.05) is 12.0 Å². The van der Waals surface area contributed by atoms with Crippen LogP contribution in [-0.2, 0) is 9.84 Å². The molecule has 4 nitrogen and oxygen atoms in total. The molecule has 1 fully saturated rings. The Morgan fingerprint density at radius 1 is 1.25 bits per heavy atom. The summed E-state index contributed by atoms with van der Waals surface area (Å²) in [5.74, 6) is 0.0941. The maximum atomic E-state index is 12.1. The van der Waals surface area contributed by atoms with Crippen molar-refractivity contribution in [2.75, 3.05) is 24.2 Å². The molecule has 0 bridgehead atoms. The zero-order chi connectivity index (χ0) is 14.6. The van der Waals surface area contributed by atoms with Crippen LogP contribution in [0.5, 0.6) is 0 Å². The van der Waals surface area contributed by atoms with E-state index in [1.807, 2.05) is 6.07 Å². The molecule has 2 N–H and O–H groups in total. The molecular formula is C15H23NO3S. The Labute approximate surface area is 121 Å². The number of anilines is 1. The highest BCUT2D eigenvalue weighted by atomic mass is 32.2. The number of aliphatic hydroxyl groups is 1. The molecular weight excluding hydrogens is 274 g/mol. The number of benzene rings is 1. The first-order chi connectivity index (χ1) is 9.53. The zero-order valence-electron chi connectivity index (χ0n) is 11.9. The molecule has 0 spiro atoms. The molecule has 112 valence electrons. The molecule has 1 aliphatic rings. The van der Waals surface area contributed by atoms with Crippen LogP contribution < -0.4 is 5.32 Å². The minimum atomic E-state index is -3.23. The summed E-state index contributed by atoms with van der Waals surface area (Å²) in [6.45, 7) is 2.43. The van der Waals surface area contributed by atoms with E-state index in [1.54, 1.807) is 25.1 Å². The summed E-state index contributed by atoms with van der Waals surface area (Å²) in [6, 6.07) is 7.01. The SMILES string of the molecule is CCS(=O)(=O)c1ccccc1NCC1(CO)CCCC1. The smallest absolute Gasteiger partial charge is 0.180 e. The summed E-state index contributed by atoms with van der Waals surface area (Å²) in [6.07, 6.45) is 4.27. The number of nitrogens with one attached hydrogen (secondary N) is 1. The molecule has 2 rings (SSSR count). The van der Waals surface area contributed by atoms with Crippen molar-refractivity contribution >= 4 is 15.5 Å². The Bertz CT molecular complexity index is 548. The summed E-state index contributed by atoms with van der Waals surface area (Å²) in [4.78, 5) is 0.355. The molecule has 0 radical (unpaired) electrons. The molecule has 20 heavy (non-hydrogen) atoms. The van der Waals surface area contributed by atoms with Crippen LogP contribution in [0.2, 0.25) is 0 Å². The molecule has 0 aromatic heterocycles. The van der Waals surface area contributed by atoms with Crippen LogP contribution in [0.1, 0.15) is 32.6 Å². The Morgan fingerprint density at radius 2 is 1.90 bits per heavy atom. The third kappa shape index (κ3) is 3.15. The van der Waals surface area contributed by atoms with Gasteiger partial charge in [-0.05, 0) is 25.0 Å². The van der Waals surface area contributed by atoms with E-state index >= 15 is 0 Å². The second-order valence-corrected chi connectivity index (χ2v) is 7.87. The maximum absolute atomic E-state index is 12.1. The van der Waals surface area contributed by atoms with E-state index in [0.717, 1.165) is 25.7 Å². The molecule has 0 unspecified atom stereocenters. The predicted molar refractivity (Wildman–Crippen MR) is 80.6 cm³/mol. The second kappa shape index (κ2) is 6.14. The summed E-state index contributed by atoms with van der Waals surface area (Å²) >= 11 is 0. The average molecular weight is 297 g/mol. The van der Waals surface area contributed by atoms with Gasteiger partial charge in [0.2, 0.25) is 0 Å². The van der Waals surface area contributed by atoms with Gasteiger partial charge in [-0.2, -0.15) is 0 Å². The molecule has 1 saturated carbocycles. The molecule has 0 heterocycles. The van der Waals surface area contributed by atoms with Gasteiger partial charge < -0.3 is 10.4 Å². The Hall–Kier alpha value is -1.07. The number of sulfone groups is 1. The van der Waals surface area contributed by atoms with Crippen LogP contribution in [0, 0.1) is 5.41 Å². The lowest BCUT2D eigenvalue weighted by atomic mass is 9.87. The Balaban J connectivity index is 2.18. The first kappa shape index (κ1) is 15.3. The summed E-state index contributed by atoms with van der Waals surface area (Å²) in [5.41, 5.74) is 0.553. The zero-order valence-corrected chi connectivity index (χ0v) is 12.7. The lowest BCUT2D eigenvalue weighted by molar-refractivity contribution is 0.142. The van der Waals surface area contributed by atoms with Crippen LogP contribution in [0.15, 0.2) is 29.2 Å². The summed E-state index contributed by atoms with van der Waals surface area (Å²) in [7, 11) is -3.23. The van der Waals surface area contributed by atoms with Gasteiger partial charge >= 0.3 is 0 Å². The molecule has 0 saturated heterocycles. The first-order valence-electron chi connectivity index (χ1n) is 7.19. The molecule has 1 aromatic carbocycles. The van der Waals surface area contributed by atoms with Crippen molar-refractivity contribution in [1.29, 1.82) is 0 Å². The predicted octanol–water partition coefficient (Wildman–Crippen LogP) is 2.44. The summed E-state index contributed by atoms with van der Waals surface area (Å²) in [5, 5.41) is 12.9. The molecule has 0 aliphatic heterocycles. The number of hydrogen-bond acceptors (Lipinski definition) is 4. The quantitative estimate of drug-likeness (QED) is 0.846. The highest BCUT2D eigenvalue weighted by Crippen LogP contribution is 2.38. The molecule has 1 aromatic rings. The van der Waals surface area contributed by atoms with Crippen molar-refractivity contribution in [3.63, 3.8) is 0 Å².